The number of rotatable bonds is 4. The van der Waals surface area contributed by atoms with Crippen LogP contribution in [0.2, 0.25) is 0 Å². The van der Waals surface area contributed by atoms with Gasteiger partial charge >= 0.3 is 0 Å². The molecule has 0 bridgehead atoms. The summed E-state index contributed by atoms with van der Waals surface area (Å²) in [5.41, 5.74) is 6.00. The Morgan fingerprint density at radius 3 is 2.68 bits per heavy atom. The fourth-order valence-corrected chi connectivity index (χ4v) is 5.75. The fraction of sp³-hybridized carbons (Fsp3) is 0.300. The van der Waals surface area contributed by atoms with E-state index in [9.17, 15) is 8.42 Å². The summed E-state index contributed by atoms with van der Waals surface area (Å²) in [5, 5.41) is 2.19. The summed E-state index contributed by atoms with van der Waals surface area (Å²) < 4.78 is 27.3. The van der Waals surface area contributed by atoms with Gasteiger partial charge in [-0.1, -0.05) is 11.3 Å². The Morgan fingerprint density at radius 1 is 1.53 bits per heavy atom. The second-order valence-corrected chi connectivity index (χ2v) is 9.10. The molecular formula is C10H12BrN3O2S3. The molecule has 2 rings (SSSR count). The van der Waals surface area contributed by atoms with E-state index in [4.69, 9.17) is 5.73 Å². The number of aromatic nitrogens is 1. The minimum absolute atomic E-state index is 0.211. The lowest BCUT2D eigenvalue weighted by molar-refractivity contribution is 0.471. The number of thiophene rings is 1. The van der Waals surface area contributed by atoms with Gasteiger partial charge in [0, 0.05) is 28.3 Å². The zero-order valence-corrected chi connectivity index (χ0v) is 14.3. The lowest BCUT2D eigenvalue weighted by Gasteiger charge is -2.15. The topological polar surface area (TPSA) is 76.3 Å². The van der Waals surface area contributed by atoms with E-state index in [0.717, 1.165) is 20.7 Å². The van der Waals surface area contributed by atoms with Gasteiger partial charge in [-0.3, -0.25) is 0 Å². The lowest BCUT2D eigenvalue weighted by atomic mass is 10.5. The van der Waals surface area contributed by atoms with Gasteiger partial charge in [0.05, 0.1) is 5.69 Å². The zero-order valence-electron chi connectivity index (χ0n) is 10.3. The molecule has 104 valence electrons. The van der Waals surface area contributed by atoms with Gasteiger partial charge in [0.15, 0.2) is 9.34 Å². The predicted octanol–water partition coefficient (Wildman–Crippen LogP) is 2.68. The molecule has 9 heteroatoms. The van der Waals surface area contributed by atoms with Crippen molar-refractivity contribution in [3.63, 3.8) is 0 Å². The van der Waals surface area contributed by atoms with E-state index in [2.05, 4.69) is 20.9 Å². The maximum atomic E-state index is 12.4. The Kier molecular flexibility index (Phi) is 4.31. The quantitative estimate of drug-likeness (QED) is 0.882. The van der Waals surface area contributed by atoms with Crippen molar-refractivity contribution in [2.45, 2.75) is 17.7 Å². The largest absolute Gasteiger partial charge is 0.375 e. The van der Waals surface area contributed by atoms with Gasteiger partial charge in [-0.2, -0.15) is 4.31 Å². The maximum Gasteiger partial charge on any atom is 0.254 e. The summed E-state index contributed by atoms with van der Waals surface area (Å²) in [6.45, 7) is 1.98. The van der Waals surface area contributed by atoms with Crippen molar-refractivity contribution < 1.29 is 8.42 Å². The molecule has 2 aromatic rings. The molecule has 0 aliphatic carbocycles. The van der Waals surface area contributed by atoms with Crippen LogP contribution in [0.15, 0.2) is 20.1 Å². The summed E-state index contributed by atoms with van der Waals surface area (Å²) in [5.74, 6) is 0. The molecule has 2 heterocycles. The van der Waals surface area contributed by atoms with Crippen molar-refractivity contribution >= 4 is 53.8 Å². The third kappa shape index (κ3) is 3.16. The van der Waals surface area contributed by atoms with Crippen LogP contribution in [-0.4, -0.2) is 24.8 Å². The van der Waals surface area contributed by atoms with Crippen LogP contribution in [0.4, 0.5) is 5.13 Å². The average Bonchev–Trinajstić information content (AvgIpc) is 2.85. The molecule has 0 amide bonds. The number of hydrogen-bond donors (Lipinski definition) is 1. The van der Waals surface area contributed by atoms with Crippen LogP contribution in [0.5, 0.6) is 0 Å². The van der Waals surface area contributed by atoms with Gasteiger partial charge in [0.1, 0.15) is 0 Å². The third-order valence-corrected chi connectivity index (χ3v) is 7.47. The van der Waals surface area contributed by atoms with Gasteiger partial charge in [0.2, 0.25) is 0 Å². The molecule has 2 aromatic heterocycles. The van der Waals surface area contributed by atoms with E-state index in [1.165, 1.54) is 15.6 Å². The molecule has 0 saturated heterocycles. The highest BCUT2D eigenvalue weighted by Crippen LogP contribution is 2.29. The van der Waals surface area contributed by atoms with Crippen LogP contribution >= 0.6 is 38.6 Å². The van der Waals surface area contributed by atoms with E-state index in [1.807, 2.05) is 11.4 Å². The van der Waals surface area contributed by atoms with E-state index in [-0.39, 0.29) is 9.34 Å². The van der Waals surface area contributed by atoms with Gasteiger partial charge in [-0.05, 0) is 28.9 Å². The highest BCUT2D eigenvalue weighted by molar-refractivity contribution is 9.10. The molecule has 0 fully saturated rings. The Morgan fingerprint density at radius 2 is 2.21 bits per heavy atom. The van der Waals surface area contributed by atoms with Crippen LogP contribution in [0.25, 0.3) is 0 Å². The maximum absolute atomic E-state index is 12.4. The molecule has 0 aromatic carbocycles. The Bertz CT molecular complexity index is 693. The van der Waals surface area contributed by atoms with Gasteiger partial charge in [0.25, 0.3) is 10.0 Å². The molecule has 5 nitrogen and oxygen atoms in total. The van der Waals surface area contributed by atoms with Crippen LogP contribution in [0.3, 0.4) is 0 Å². The number of thiazole rings is 1. The smallest absolute Gasteiger partial charge is 0.254 e. The van der Waals surface area contributed by atoms with Gasteiger partial charge in [-0.25, -0.2) is 13.4 Å². The molecule has 0 aliphatic heterocycles. The minimum atomic E-state index is -3.54. The van der Waals surface area contributed by atoms with Crippen molar-refractivity contribution in [3.8, 4) is 0 Å². The number of nitrogen functional groups attached to an aromatic ring is 1. The monoisotopic (exact) mass is 381 g/mol. The predicted molar refractivity (Wildman–Crippen MR) is 81.9 cm³/mol. The Hall–Kier alpha value is -0.480. The van der Waals surface area contributed by atoms with Crippen LogP contribution in [0.1, 0.15) is 10.6 Å². The van der Waals surface area contributed by atoms with Crippen molar-refractivity contribution in [3.05, 3.63) is 26.5 Å². The van der Waals surface area contributed by atoms with E-state index < -0.39 is 10.0 Å². The first-order chi connectivity index (χ1) is 8.80. The summed E-state index contributed by atoms with van der Waals surface area (Å²) in [6.07, 6.45) is 0. The number of sulfonamides is 1. The van der Waals surface area contributed by atoms with Gasteiger partial charge < -0.3 is 5.73 Å². The number of hydrogen-bond acceptors (Lipinski definition) is 6. The molecule has 0 unspecified atom stereocenters. The first-order valence-electron chi connectivity index (χ1n) is 5.23. The van der Waals surface area contributed by atoms with Crippen LogP contribution < -0.4 is 5.73 Å². The van der Waals surface area contributed by atoms with Crippen molar-refractivity contribution in [2.75, 3.05) is 12.8 Å². The second kappa shape index (κ2) is 5.49. The average molecular weight is 382 g/mol. The van der Waals surface area contributed by atoms with Crippen molar-refractivity contribution in [1.82, 2.24) is 9.29 Å². The van der Waals surface area contributed by atoms with Gasteiger partial charge in [-0.15, -0.1) is 11.3 Å². The minimum Gasteiger partial charge on any atom is -0.375 e. The zero-order chi connectivity index (χ0) is 14.2. The molecule has 0 saturated carbocycles. The highest BCUT2D eigenvalue weighted by Gasteiger charge is 2.26. The first kappa shape index (κ1) is 14.9. The van der Waals surface area contributed by atoms with E-state index in [0.29, 0.717) is 12.2 Å². The van der Waals surface area contributed by atoms with E-state index in [1.54, 1.807) is 14.0 Å². The molecule has 19 heavy (non-hydrogen) atoms. The first-order valence-corrected chi connectivity index (χ1v) is 9.16. The molecule has 0 radical (unpaired) electrons. The Balaban J connectivity index is 2.27. The summed E-state index contributed by atoms with van der Waals surface area (Å²) in [7, 11) is -1.98. The number of halogens is 1. The number of aryl methyl sites for hydroxylation is 1. The molecular weight excluding hydrogens is 370 g/mol. The lowest BCUT2D eigenvalue weighted by Crippen LogP contribution is -2.26. The fourth-order valence-electron chi connectivity index (χ4n) is 1.52. The SMILES string of the molecule is Cc1nc(N)sc1S(=O)(=O)N(C)Cc1cc(Br)cs1. The number of anilines is 1. The second-order valence-electron chi connectivity index (χ2n) is 3.92. The Labute approximate surface area is 128 Å². The molecule has 0 aliphatic rings. The normalized spacial score (nSPS) is 12.2. The summed E-state index contributed by atoms with van der Waals surface area (Å²) >= 11 is 5.86. The highest BCUT2D eigenvalue weighted by atomic mass is 79.9. The standard InChI is InChI=1S/C10H12BrN3O2S3/c1-6-9(18-10(12)13-6)19(15,16)14(2)4-8-3-7(11)5-17-8/h3,5H,4H2,1-2H3,(H2,12,13). The van der Waals surface area contributed by atoms with Crippen LogP contribution in [0, 0.1) is 6.92 Å². The molecule has 0 atom stereocenters. The molecule has 2 N–H and O–H groups in total. The van der Waals surface area contributed by atoms with Crippen molar-refractivity contribution in [1.29, 1.82) is 0 Å². The number of nitrogens with zero attached hydrogens (tertiary/aromatic N) is 2. The summed E-state index contributed by atoms with van der Waals surface area (Å²) in [4.78, 5) is 4.92. The van der Waals surface area contributed by atoms with E-state index >= 15 is 0 Å². The molecule has 0 spiro atoms. The van der Waals surface area contributed by atoms with Crippen molar-refractivity contribution in [2.24, 2.45) is 0 Å². The summed E-state index contributed by atoms with van der Waals surface area (Å²) in [6, 6.07) is 1.91. The third-order valence-electron chi connectivity index (χ3n) is 2.42. The number of nitrogens with two attached hydrogens (primary N) is 1. The van der Waals surface area contributed by atoms with Crippen LogP contribution in [-0.2, 0) is 16.6 Å².